The number of imidazole rings is 1. The molecule has 2 heterocycles. The van der Waals surface area contributed by atoms with Crippen LogP contribution in [-0.4, -0.2) is 15.0 Å². The van der Waals surface area contributed by atoms with Gasteiger partial charge in [0.15, 0.2) is 5.16 Å². The summed E-state index contributed by atoms with van der Waals surface area (Å²) in [4.78, 5) is 11.3. The van der Waals surface area contributed by atoms with Gasteiger partial charge in [-0.1, -0.05) is 6.07 Å². The average Bonchev–Trinajstić information content (AvgIpc) is 2.72. The summed E-state index contributed by atoms with van der Waals surface area (Å²) in [5, 5.41) is 1.76. The van der Waals surface area contributed by atoms with E-state index in [1.165, 1.54) is 11.8 Å². The van der Waals surface area contributed by atoms with Crippen LogP contribution in [0.4, 0.5) is 0 Å². The Kier molecular flexibility index (Phi) is 2.81. The second-order valence-corrected chi connectivity index (χ2v) is 3.71. The Hall–Kier alpha value is -1.33. The van der Waals surface area contributed by atoms with Crippen molar-refractivity contribution in [3.05, 3.63) is 36.3 Å². The Morgan fingerprint density at radius 1 is 1.36 bits per heavy atom. The fraction of sp³-hybridized carbons (Fsp3) is 0.111. The number of aromatic nitrogens is 3. The molecule has 0 bridgehead atoms. The maximum Gasteiger partial charge on any atom is 0.171 e. The minimum atomic E-state index is 0.526. The Labute approximate surface area is 86.0 Å². The third-order valence-corrected chi connectivity index (χ3v) is 2.57. The van der Waals surface area contributed by atoms with E-state index in [1.54, 1.807) is 18.6 Å². The highest BCUT2D eigenvalue weighted by atomic mass is 32.2. The molecule has 0 aliphatic heterocycles. The maximum absolute atomic E-state index is 5.47. The quantitative estimate of drug-likeness (QED) is 0.796. The zero-order valence-electron chi connectivity index (χ0n) is 7.47. The van der Waals surface area contributed by atoms with Gasteiger partial charge in [-0.3, -0.25) is 0 Å². The number of nitrogens with one attached hydrogen (secondary N) is 1. The molecule has 0 saturated carbocycles. The zero-order valence-corrected chi connectivity index (χ0v) is 8.29. The lowest BCUT2D eigenvalue weighted by molar-refractivity contribution is 1.000. The molecule has 0 amide bonds. The van der Waals surface area contributed by atoms with Crippen LogP contribution in [0.15, 0.2) is 40.9 Å². The van der Waals surface area contributed by atoms with Gasteiger partial charge in [0, 0.05) is 25.1 Å². The van der Waals surface area contributed by atoms with E-state index in [-0.39, 0.29) is 0 Å². The van der Waals surface area contributed by atoms with E-state index < -0.39 is 0 Å². The standard InChI is InChI=1S/C9H10N4S/c10-5-7-1-2-8(13-6-7)14-9-11-3-4-12-9/h1-4,6H,5,10H2,(H,11,12). The lowest BCUT2D eigenvalue weighted by Gasteiger charge is -1.98. The Morgan fingerprint density at radius 3 is 2.86 bits per heavy atom. The monoisotopic (exact) mass is 206 g/mol. The second kappa shape index (κ2) is 4.26. The summed E-state index contributed by atoms with van der Waals surface area (Å²) in [6, 6.07) is 3.91. The molecule has 5 heteroatoms. The summed E-state index contributed by atoms with van der Waals surface area (Å²) in [6.45, 7) is 0.526. The largest absolute Gasteiger partial charge is 0.339 e. The molecule has 0 aliphatic carbocycles. The minimum absolute atomic E-state index is 0.526. The Morgan fingerprint density at radius 2 is 2.29 bits per heavy atom. The highest BCUT2D eigenvalue weighted by molar-refractivity contribution is 7.99. The van der Waals surface area contributed by atoms with Crippen molar-refractivity contribution in [3.63, 3.8) is 0 Å². The van der Waals surface area contributed by atoms with Gasteiger partial charge in [0.1, 0.15) is 5.03 Å². The van der Waals surface area contributed by atoms with E-state index in [1.807, 2.05) is 12.1 Å². The SMILES string of the molecule is NCc1ccc(Sc2ncc[nH]2)nc1. The predicted molar refractivity (Wildman–Crippen MR) is 54.8 cm³/mol. The van der Waals surface area contributed by atoms with Gasteiger partial charge in [0.25, 0.3) is 0 Å². The summed E-state index contributed by atoms with van der Waals surface area (Å²) >= 11 is 1.49. The summed E-state index contributed by atoms with van der Waals surface area (Å²) in [5.74, 6) is 0. The van der Waals surface area contributed by atoms with Crippen molar-refractivity contribution < 1.29 is 0 Å². The minimum Gasteiger partial charge on any atom is -0.339 e. The molecule has 0 aromatic carbocycles. The van der Waals surface area contributed by atoms with Crippen LogP contribution >= 0.6 is 11.8 Å². The van der Waals surface area contributed by atoms with Gasteiger partial charge in [-0.2, -0.15) is 0 Å². The smallest absolute Gasteiger partial charge is 0.171 e. The van der Waals surface area contributed by atoms with Gasteiger partial charge in [-0.05, 0) is 23.4 Å². The first-order valence-corrected chi connectivity index (χ1v) is 5.02. The zero-order chi connectivity index (χ0) is 9.80. The second-order valence-electron chi connectivity index (χ2n) is 2.71. The Bertz CT molecular complexity index is 382. The lowest BCUT2D eigenvalue weighted by atomic mass is 10.3. The van der Waals surface area contributed by atoms with Crippen LogP contribution in [0.1, 0.15) is 5.56 Å². The predicted octanol–water partition coefficient (Wildman–Crippen LogP) is 1.41. The molecule has 72 valence electrons. The number of aromatic amines is 1. The van der Waals surface area contributed by atoms with Crippen molar-refractivity contribution in [2.75, 3.05) is 0 Å². The van der Waals surface area contributed by atoms with Crippen LogP contribution in [-0.2, 0) is 6.54 Å². The summed E-state index contributed by atoms with van der Waals surface area (Å²) in [6.07, 6.45) is 5.29. The molecule has 2 rings (SSSR count). The fourth-order valence-corrected chi connectivity index (χ4v) is 1.68. The van der Waals surface area contributed by atoms with E-state index in [2.05, 4.69) is 15.0 Å². The van der Waals surface area contributed by atoms with Crippen molar-refractivity contribution in [1.29, 1.82) is 0 Å². The summed E-state index contributed by atoms with van der Waals surface area (Å²) in [5.41, 5.74) is 6.51. The first-order chi connectivity index (χ1) is 6.88. The van der Waals surface area contributed by atoms with Crippen LogP contribution in [0.2, 0.25) is 0 Å². The number of hydrogen-bond donors (Lipinski definition) is 2. The molecular formula is C9H10N4S. The number of nitrogens with zero attached hydrogens (tertiary/aromatic N) is 2. The average molecular weight is 206 g/mol. The highest BCUT2D eigenvalue weighted by Gasteiger charge is 1.99. The van der Waals surface area contributed by atoms with E-state index >= 15 is 0 Å². The van der Waals surface area contributed by atoms with Crippen molar-refractivity contribution in [2.24, 2.45) is 5.73 Å². The number of H-pyrrole nitrogens is 1. The molecule has 3 N–H and O–H groups in total. The molecule has 0 fully saturated rings. The first kappa shape index (κ1) is 9.23. The summed E-state index contributed by atoms with van der Waals surface area (Å²) in [7, 11) is 0. The number of nitrogens with two attached hydrogens (primary N) is 1. The molecule has 0 aliphatic rings. The van der Waals surface area contributed by atoms with Gasteiger partial charge in [0.05, 0.1) is 0 Å². The van der Waals surface area contributed by atoms with Crippen LogP contribution in [0, 0.1) is 0 Å². The number of pyridine rings is 1. The highest BCUT2D eigenvalue weighted by Crippen LogP contribution is 2.21. The molecular weight excluding hydrogens is 196 g/mol. The maximum atomic E-state index is 5.47. The van der Waals surface area contributed by atoms with Crippen molar-refractivity contribution in [3.8, 4) is 0 Å². The van der Waals surface area contributed by atoms with Crippen LogP contribution in [0.25, 0.3) is 0 Å². The van der Waals surface area contributed by atoms with Gasteiger partial charge in [-0.15, -0.1) is 0 Å². The van der Waals surface area contributed by atoms with Crippen LogP contribution in [0.3, 0.4) is 0 Å². The molecule has 2 aromatic heterocycles. The topological polar surface area (TPSA) is 67.6 Å². The molecule has 0 saturated heterocycles. The van der Waals surface area contributed by atoms with E-state index in [9.17, 15) is 0 Å². The third kappa shape index (κ3) is 2.12. The summed E-state index contributed by atoms with van der Waals surface area (Å²) < 4.78 is 0. The van der Waals surface area contributed by atoms with Gasteiger partial charge in [-0.25, -0.2) is 9.97 Å². The lowest BCUT2D eigenvalue weighted by Crippen LogP contribution is -1.96. The molecule has 14 heavy (non-hydrogen) atoms. The van der Waals surface area contributed by atoms with Gasteiger partial charge in [0.2, 0.25) is 0 Å². The van der Waals surface area contributed by atoms with Crippen molar-refractivity contribution >= 4 is 11.8 Å². The molecule has 0 unspecified atom stereocenters. The van der Waals surface area contributed by atoms with Crippen LogP contribution in [0.5, 0.6) is 0 Å². The van der Waals surface area contributed by atoms with Gasteiger partial charge >= 0.3 is 0 Å². The van der Waals surface area contributed by atoms with E-state index in [0.717, 1.165) is 15.7 Å². The van der Waals surface area contributed by atoms with Gasteiger partial charge < -0.3 is 10.7 Å². The van der Waals surface area contributed by atoms with E-state index in [0.29, 0.717) is 6.54 Å². The number of hydrogen-bond acceptors (Lipinski definition) is 4. The van der Waals surface area contributed by atoms with Crippen LogP contribution < -0.4 is 5.73 Å². The molecule has 0 atom stereocenters. The molecule has 0 radical (unpaired) electrons. The molecule has 0 spiro atoms. The third-order valence-electron chi connectivity index (χ3n) is 1.71. The van der Waals surface area contributed by atoms with Crippen molar-refractivity contribution in [2.45, 2.75) is 16.7 Å². The van der Waals surface area contributed by atoms with E-state index in [4.69, 9.17) is 5.73 Å². The van der Waals surface area contributed by atoms with Crippen molar-refractivity contribution in [1.82, 2.24) is 15.0 Å². The fourth-order valence-electron chi connectivity index (χ4n) is 0.998. The Balaban J connectivity index is 2.10. The molecule has 4 nitrogen and oxygen atoms in total. The number of rotatable bonds is 3. The first-order valence-electron chi connectivity index (χ1n) is 4.21. The molecule has 2 aromatic rings. The normalized spacial score (nSPS) is 10.4.